The molecule has 220 valence electrons. The predicted molar refractivity (Wildman–Crippen MR) is 183 cm³/mol. The predicted octanol–water partition coefficient (Wildman–Crippen LogP) is 5.65. The van der Waals surface area contributed by atoms with E-state index in [0.717, 1.165) is 33.1 Å². The van der Waals surface area contributed by atoms with Gasteiger partial charge in [-0.1, -0.05) is 0 Å². The average molecular weight is 1010 g/mol. The average Bonchev–Trinajstić information content (AvgIpc) is 2.90. The third-order valence-corrected chi connectivity index (χ3v) is 9.79. The van der Waals surface area contributed by atoms with Crippen molar-refractivity contribution in [1.82, 2.24) is 5.32 Å². The summed E-state index contributed by atoms with van der Waals surface area (Å²) >= 11 is 7.93. The Morgan fingerprint density at radius 2 is 1.30 bits per heavy atom. The van der Waals surface area contributed by atoms with Crippen LogP contribution in [0.3, 0.4) is 0 Å². The molecule has 1 unspecified atom stereocenters. The van der Waals surface area contributed by atoms with Gasteiger partial charge in [-0.05, 0) is 167 Å². The largest absolute Gasteiger partial charge is 0.506 e. The second kappa shape index (κ2) is 14.5. The van der Waals surface area contributed by atoms with E-state index in [2.05, 4.69) is 5.32 Å². The number of nitrogens with one attached hydrogen (secondary N) is 1. The number of phenolic OH excluding ortho intramolecular Hbond substituents is 2. The third kappa shape index (κ3) is 8.67. The van der Waals surface area contributed by atoms with Crippen LogP contribution < -0.4 is 5.32 Å². The SMILES string of the molecule is CC(COC(=O)c1cc(I)cc(I)c1O)(COC(=O)c1cc(I)cc(I)c1O)C(O)OC(C)(C)C1CCNCC1. The van der Waals surface area contributed by atoms with Gasteiger partial charge in [0.25, 0.3) is 0 Å². The molecule has 0 amide bonds. The number of carbonyl (C=O) groups excluding carboxylic acids is 2. The summed E-state index contributed by atoms with van der Waals surface area (Å²) in [4.78, 5) is 26.0. The molecule has 0 aliphatic carbocycles. The van der Waals surface area contributed by atoms with Gasteiger partial charge in [0.05, 0.1) is 18.2 Å². The van der Waals surface area contributed by atoms with Gasteiger partial charge in [-0.2, -0.15) is 0 Å². The van der Waals surface area contributed by atoms with Crippen molar-refractivity contribution in [3.05, 3.63) is 49.7 Å². The van der Waals surface area contributed by atoms with Crippen LogP contribution >= 0.6 is 90.4 Å². The highest BCUT2D eigenvalue weighted by molar-refractivity contribution is 14.1. The summed E-state index contributed by atoms with van der Waals surface area (Å²) in [6, 6.07) is 6.45. The van der Waals surface area contributed by atoms with Crippen molar-refractivity contribution in [2.24, 2.45) is 11.3 Å². The number of hydrogen-bond donors (Lipinski definition) is 4. The van der Waals surface area contributed by atoms with Crippen LogP contribution in [-0.2, 0) is 14.2 Å². The van der Waals surface area contributed by atoms with Gasteiger partial charge in [0.2, 0.25) is 0 Å². The van der Waals surface area contributed by atoms with Crippen molar-refractivity contribution in [2.45, 2.75) is 45.5 Å². The van der Waals surface area contributed by atoms with E-state index in [1.807, 2.05) is 104 Å². The fourth-order valence-electron chi connectivity index (χ4n) is 4.29. The van der Waals surface area contributed by atoms with E-state index in [4.69, 9.17) is 14.2 Å². The van der Waals surface area contributed by atoms with Crippen LogP contribution in [0.25, 0.3) is 0 Å². The Kier molecular flexibility index (Phi) is 12.4. The highest BCUT2D eigenvalue weighted by Gasteiger charge is 2.43. The van der Waals surface area contributed by atoms with Gasteiger partial charge in [-0.15, -0.1) is 0 Å². The number of halogens is 4. The number of phenols is 2. The first-order valence-electron chi connectivity index (χ1n) is 12.4. The summed E-state index contributed by atoms with van der Waals surface area (Å²) in [6.45, 7) is 6.34. The molecule has 1 saturated heterocycles. The van der Waals surface area contributed by atoms with Gasteiger partial charge < -0.3 is 34.8 Å². The number of piperidine rings is 1. The lowest BCUT2D eigenvalue weighted by Gasteiger charge is -2.42. The molecule has 1 heterocycles. The maximum Gasteiger partial charge on any atom is 0.342 e. The first-order chi connectivity index (χ1) is 18.6. The van der Waals surface area contributed by atoms with E-state index in [1.165, 1.54) is 12.1 Å². The number of ether oxygens (including phenoxy) is 3. The van der Waals surface area contributed by atoms with Crippen LogP contribution in [0.1, 0.15) is 54.3 Å². The first kappa shape index (κ1) is 34.3. The molecule has 0 spiro atoms. The molecule has 2 aromatic carbocycles. The zero-order valence-electron chi connectivity index (χ0n) is 22.1. The monoisotopic (exact) mass is 1000 g/mol. The molecule has 40 heavy (non-hydrogen) atoms. The van der Waals surface area contributed by atoms with E-state index >= 15 is 0 Å². The van der Waals surface area contributed by atoms with E-state index in [-0.39, 0.29) is 41.8 Å². The van der Waals surface area contributed by atoms with E-state index < -0.39 is 29.2 Å². The molecule has 2 aromatic rings. The molecule has 1 atom stereocenters. The zero-order valence-corrected chi connectivity index (χ0v) is 30.7. The molecule has 0 saturated carbocycles. The van der Waals surface area contributed by atoms with Crippen LogP contribution in [0, 0.1) is 25.6 Å². The quantitative estimate of drug-likeness (QED) is 0.136. The Labute approximate surface area is 288 Å². The van der Waals surface area contributed by atoms with Gasteiger partial charge in [0, 0.05) is 7.14 Å². The summed E-state index contributed by atoms with van der Waals surface area (Å²) in [5.74, 6) is -1.81. The number of hydrogen-bond acceptors (Lipinski definition) is 9. The van der Waals surface area contributed by atoms with Gasteiger partial charge in [0.1, 0.15) is 35.8 Å². The van der Waals surface area contributed by atoms with Crippen molar-refractivity contribution in [2.75, 3.05) is 26.3 Å². The molecule has 13 heteroatoms. The van der Waals surface area contributed by atoms with Crippen molar-refractivity contribution in [1.29, 1.82) is 0 Å². The number of aliphatic hydroxyl groups excluding tert-OH is 1. The molecule has 9 nitrogen and oxygen atoms in total. The number of carbonyl (C=O) groups is 2. The molecule has 1 aliphatic rings. The maximum absolute atomic E-state index is 13.0. The fraction of sp³-hybridized carbons (Fsp3) is 0.481. The molecular weight excluding hydrogens is 974 g/mol. The molecule has 0 radical (unpaired) electrons. The Morgan fingerprint density at radius 3 is 1.73 bits per heavy atom. The van der Waals surface area contributed by atoms with Gasteiger partial charge >= 0.3 is 11.9 Å². The highest BCUT2D eigenvalue weighted by atomic mass is 127. The normalized spacial score (nSPS) is 15.5. The van der Waals surface area contributed by atoms with Crippen LogP contribution in [0.15, 0.2) is 24.3 Å². The van der Waals surface area contributed by atoms with Crippen molar-refractivity contribution < 1.29 is 39.1 Å². The second-order valence-corrected chi connectivity index (χ2v) is 15.3. The minimum absolute atomic E-state index is 0.0144. The highest BCUT2D eigenvalue weighted by Crippen LogP contribution is 2.36. The molecule has 0 bridgehead atoms. The Bertz CT molecular complexity index is 1180. The van der Waals surface area contributed by atoms with E-state index in [9.17, 15) is 24.9 Å². The fourth-order valence-corrected chi connectivity index (χ4v) is 7.98. The minimum Gasteiger partial charge on any atom is -0.506 e. The molecule has 1 aliphatic heterocycles. The summed E-state index contributed by atoms with van der Waals surface area (Å²) < 4.78 is 19.8. The van der Waals surface area contributed by atoms with Crippen LogP contribution in [0.2, 0.25) is 0 Å². The summed E-state index contributed by atoms with van der Waals surface area (Å²) in [5.41, 5.74) is -2.13. The second-order valence-electron chi connectivity index (χ2n) is 10.5. The number of aromatic hydroxyl groups is 2. The lowest BCUT2D eigenvalue weighted by molar-refractivity contribution is -0.253. The number of rotatable bonds is 10. The number of aliphatic hydroxyl groups is 1. The van der Waals surface area contributed by atoms with Crippen molar-refractivity contribution in [3.63, 3.8) is 0 Å². The van der Waals surface area contributed by atoms with Gasteiger partial charge in [0.15, 0.2) is 6.29 Å². The van der Waals surface area contributed by atoms with Gasteiger partial charge in [-0.25, -0.2) is 9.59 Å². The van der Waals surface area contributed by atoms with Gasteiger partial charge in [-0.3, -0.25) is 0 Å². The topological polar surface area (TPSA) is 135 Å². The van der Waals surface area contributed by atoms with E-state index in [0.29, 0.717) is 7.14 Å². The lowest BCUT2D eigenvalue weighted by Crippen LogP contribution is -2.50. The molecule has 3 rings (SSSR count). The Balaban J connectivity index is 1.83. The zero-order chi connectivity index (χ0) is 29.8. The lowest BCUT2D eigenvalue weighted by atomic mass is 9.82. The standard InChI is InChI=1S/C27H31I4NO8/c1-26(2,14-4-6-32-7-5-14)40-25(37)27(3,12-38-23(35)17-8-15(28)10-19(30)21(17)33)13-39-24(36)18-9-16(29)11-20(31)22(18)34/h8-11,14,25,32-34,37H,4-7,12-13H2,1-3H3. The summed E-state index contributed by atoms with van der Waals surface area (Å²) in [5, 5.41) is 35.5. The Hall–Kier alpha value is -0.220. The molecular formula is C27H31I4NO8. The van der Waals surface area contributed by atoms with Crippen molar-refractivity contribution in [3.8, 4) is 11.5 Å². The first-order valence-corrected chi connectivity index (χ1v) is 16.7. The van der Waals surface area contributed by atoms with Crippen molar-refractivity contribution >= 4 is 102 Å². The Morgan fingerprint density at radius 1 is 0.875 bits per heavy atom. The molecule has 4 N–H and O–H groups in total. The minimum atomic E-state index is -1.48. The number of benzene rings is 2. The van der Waals surface area contributed by atoms with E-state index in [1.54, 1.807) is 19.1 Å². The number of esters is 2. The summed E-state index contributed by atoms with van der Waals surface area (Å²) in [6.07, 6.45) is 0.262. The molecule has 0 aromatic heterocycles. The molecule has 1 fully saturated rings. The summed E-state index contributed by atoms with van der Waals surface area (Å²) in [7, 11) is 0. The smallest absolute Gasteiger partial charge is 0.342 e. The van der Waals surface area contributed by atoms with Crippen LogP contribution in [-0.4, -0.2) is 65.5 Å². The maximum atomic E-state index is 13.0. The van der Waals surface area contributed by atoms with Crippen LogP contribution in [0.5, 0.6) is 11.5 Å². The third-order valence-electron chi connectivity index (χ3n) is 6.90. The van der Waals surface area contributed by atoms with Crippen LogP contribution in [0.4, 0.5) is 0 Å².